The highest BCUT2D eigenvalue weighted by atomic mass is 35.5. The van der Waals surface area contributed by atoms with E-state index in [1.165, 1.54) is 5.56 Å². The number of ketones is 1. The number of hydrogen-bond donors (Lipinski definition) is 0. The standard InChI is InChI=1S/C20H19ClO2/c1-13-3-6-17(21)12-20(13)16-9-15(10-18(22)11-16)14-4-7-19(23-2)8-5-14/h3-8,11-12,15H,9-10H2,1-2H3/t15-/m1/s1. The fraction of sp³-hybridized carbons (Fsp3) is 0.250. The molecule has 0 bridgehead atoms. The van der Waals surface area contributed by atoms with Gasteiger partial charge in [0.15, 0.2) is 5.78 Å². The maximum Gasteiger partial charge on any atom is 0.156 e. The molecule has 0 unspecified atom stereocenters. The summed E-state index contributed by atoms with van der Waals surface area (Å²) in [5, 5.41) is 0.700. The Labute approximate surface area is 141 Å². The molecule has 0 aromatic heterocycles. The van der Waals surface area contributed by atoms with Crippen molar-refractivity contribution in [1.82, 2.24) is 0 Å². The number of hydrogen-bond acceptors (Lipinski definition) is 2. The first-order valence-corrected chi connectivity index (χ1v) is 8.08. The summed E-state index contributed by atoms with van der Waals surface area (Å²) in [6.07, 6.45) is 3.17. The zero-order chi connectivity index (χ0) is 16.4. The Hall–Kier alpha value is -2.06. The highest BCUT2D eigenvalue weighted by molar-refractivity contribution is 6.30. The molecule has 0 saturated heterocycles. The molecule has 0 N–H and O–H groups in total. The minimum absolute atomic E-state index is 0.173. The van der Waals surface area contributed by atoms with Crippen molar-refractivity contribution < 1.29 is 9.53 Å². The second kappa shape index (κ2) is 6.59. The molecule has 2 aromatic rings. The van der Waals surface area contributed by atoms with E-state index in [0.717, 1.165) is 28.9 Å². The van der Waals surface area contributed by atoms with Crippen LogP contribution >= 0.6 is 11.6 Å². The lowest BCUT2D eigenvalue weighted by Gasteiger charge is -2.24. The van der Waals surface area contributed by atoms with Crippen molar-refractivity contribution in [2.45, 2.75) is 25.7 Å². The number of halogens is 1. The van der Waals surface area contributed by atoms with Crippen molar-refractivity contribution in [2.75, 3.05) is 7.11 Å². The first kappa shape index (κ1) is 15.8. The van der Waals surface area contributed by atoms with Crippen LogP contribution in [0.25, 0.3) is 5.57 Å². The molecular formula is C20H19ClO2. The van der Waals surface area contributed by atoms with Crippen LogP contribution in [0, 0.1) is 6.92 Å². The molecule has 23 heavy (non-hydrogen) atoms. The zero-order valence-corrected chi connectivity index (χ0v) is 14.1. The summed E-state index contributed by atoms with van der Waals surface area (Å²) in [6, 6.07) is 13.8. The summed E-state index contributed by atoms with van der Waals surface area (Å²) >= 11 is 6.13. The Bertz CT molecular complexity index is 760. The molecule has 0 aliphatic heterocycles. The Morgan fingerprint density at radius 1 is 1.09 bits per heavy atom. The molecule has 0 radical (unpaired) electrons. The predicted octanol–water partition coefficient (Wildman–Crippen LogP) is 5.19. The van der Waals surface area contributed by atoms with Crippen molar-refractivity contribution in [3.05, 3.63) is 70.3 Å². The first-order valence-electron chi connectivity index (χ1n) is 7.70. The Morgan fingerprint density at radius 2 is 1.83 bits per heavy atom. The smallest absolute Gasteiger partial charge is 0.156 e. The number of benzene rings is 2. The Kier molecular flexibility index (Phi) is 4.53. The van der Waals surface area contributed by atoms with Gasteiger partial charge in [-0.25, -0.2) is 0 Å². The molecule has 0 heterocycles. The minimum atomic E-state index is 0.173. The average molecular weight is 327 g/mol. The average Bonchev–Trinajstić information content (AvgIpc) is 2.56. The van der Waals surface area contributed by atoms with Crippen LogP contribution in [-0.4, -0.2) is 12.9 Å². The third kappa shape index (κ3) is 3.48. The summed E-state index contributed by atoms with van der Waals surface area (Å²) in [7, 11) is 1.65. The summed E-state index contributed by atoms with van der Waals surface area (Å²) in [4.78, 5) is 12.2. The van der Waals surface area contributed by atoms with E-state index in [0.29, 0.717) is 11.4 Å². The SMILES string of the molecule is COc1ccc([C@H]2CC(=O)C=C(c3cc(Cl)ccc3C)C2)cc1. The lowest BCUT2D eigenvalue weighted by atomic mass is 9.80. The van der Waals surface area contributed by atoms with Gasteiger partial charge in [0.05, 0.1) is 7.11 Å². The van der Waals surface area contributed by atoms with Crippen LogP contribution in [0.4, 0.5) is 0 Å². The van der Waals surface area contributed by atoms with Crippen molar-refractivity contribution in [3.8, 4) is 5.75 Å². The minimum Gasteiger partial charge on any atom is -0.497 e. The molecule has 1 aliphatic carbocycles. The maximum absolute atomic E-state index is 12.2. The molecule has 3 rings (SSSR count). The van der Waals surface area contributed by atoms with Gasteiger partial charge in [0.25, 0.3) is 0 Å². The van der Waals surface area contributed by atoms with Gasteiger partial charge in [-0.15, -0.1) is 0 Å². The normalized spacial score (nSPS) is 17.8. The summed E-state index contributed by atoms with van der Waals surface area (Å²) < 4.78 is 5.20. The van der Waals surface area contributed by atoms with Crippen molar-refractivity contribution in [3.63, 3.8) is 0 Å². The number of aryl methyl sites for hydroxylation is 1. The maximum atomic E-state index is 12.2. The van der Waals surface area contributed by atoms with Crippen molar-refractivity contribution in [2.24, 2.45) is 0 Å². The van der Waals surface area contributed by atoms with Gasteiger partial charge in [-0.2, -0.15) is 0 Å². The van der Waals surface area contributed by atoms with Crippen molar-refractivity contribution in [1.29, 1.82) is 0 Å². The van der Waals surface area contributed by atoms with Gasteiger partial charge in [-0.3, -0.25) is 4.79 Å². The van der Waals surface area contributed by atoms with E-state index in [-0.39, 0.29) is 11.7 Å². The monoisotopic (exact) mass is 326 g/mol. The summed E-state index contributed by atoms with van der Waals surface area (Å²) in [5.74, 6) is 1.20. The van der Waals surface area contributed by atoms with E-state index in [1.54, 1.807) is 13.2 Å². The lowest BCUT2D eigenvalue weighted by Crippen LogP contribution is -2.12. The quantitative estimate of drug-likeness (QED) is 0.776. The second-order valence-electron chi connectivity index (χ2n) is 5.97. The van der Waals surface area contributed by atoms with Gasteiger partial charge in [0, 0.05) is 11.4 Å². The number of ether oxygens (including phenoxy) is 1. The van der Waals surface area contributed by atoms with Gasteiger partial charge < -0.3 is 4.74 Å². The van der Waals surface area contributed by atoms with E-state index in [4.69, 9.17) is 16.3 Å². The fourth-order valence-corrected chi connectivity index (χ4v) is 3.30. The number of carbonyl (C=O) groups is 1. The number of rotatable bonds is 3. The van der Waals surface area contributed by atoms with Gasteiger partial charge >= 0.3 is 0 Å². The van der Waals surface area contributed by atoms with E-state index >= 15 is 0 Å². The molecule has 0 fully saturated rings. The largest absolute Gasteiger partial charge is 0.497 e. The summed E-state index contributed by atoms with van der Waals surface area (Å²) in [5.41, 5.74) is 4.46. The number of allylic oxidation sites excluding steroid dienone is 2. The van der Waals surface area contributed by atoms with E-state index in [2.05, 4.69) is 0 Å². The predicted molar refractivity (Wildman–Crippen MR) is 94.1 cm³/mol. The third-order valence-corrected chi connectivity index (χ3v) is 4.62. The van der Waals surface area contributed by atoms with E-state index in [1.807, 2.05) is 49.4 Å². The first-order chi connectivity index (χ1) is 11.1. The topological polar surface area (TPSA) is 26.3 Å². The molecule has 1 aliphatic rings. The Balaban J connectivity index is 1.91. The van der Waals surface area contributed by atoms with Crippen LogP contribution in [0.15, 0.2) is 48.5 Å². The molecule has 0 amide bonds. The zero-order valence-electron chi connectivity index (χ0n) is 13.3. The van der Waals surface area contributed by atoms with Gasteiger partial charge in [-0.05, 0) is 71.9 Å². The Morgan fingerprint density at radius 3 is 2.52 bits per heavy atom. The van der Waals surface area contributed by atoms with Gasteiger partial charge in [0.1, 0.15) is 5.75 Å². The van der Waals surface area contributed by atoms with Crippen LogP contribution in [-0.2, 0) is 4.79 Å². The van der Waals surface area contributed by atoms with Crippen LogP contribution in [0.2, 0.25) is 5.02 Å². The summed E-state index contributed by atoms with van der Waals surface area (Å²) in [6.45, 7) is 2.05. The second-order valence-corrected chi connectivity index (χ2v) is 6.41. The molecule has 3 heteroatoms. The molecule has 2 nitrogen and oxygen atoms in total. The molecule has 0 spiro atoms. The van der Waals surface area contributed by atoms with Crippen LogP contribution in [0.3, 0.4) is 0 Å². The number of carbonyl (C=O) groups excluding carboxylic acids is 1. The van der Waals surface area contributed by atoms with Crippen LogP contribution < -0.4 is 4.74 Å². The third-order valence-electron chi connectivity index (χ3n) is 4.38. The lowest BCUT2D eigenvalue weighted by molar-refractivity contribution is -0.115. The number of methoxy groups -OCH3 is 1. The van der Waals surface area contributed by atoms with Crippen molar-refractivity contribution >= 4 is 23.0 Å². The fourth-order valence-electron chi connectivity index (χ4n) is 3.13. The van der Waals surface area contributed by atoms with E-state index < -0.39 is 0 Å². The molecule has 1 atom stereocenters. The van der Waals surface area contributed by atoms with Gasteiger partial charge in [0.2, 0.25) is 0 Å². The van der Waals surface area contributed by atoms with Crippen LogP contribution in [0.5, 0.6) is 5.75 Å². The van der Waals surface area contributed by atoms with E-state index in [9.17, 15) is 4.79 Å². The highest BCUT2D eigenvalue weighted by Crippen LogP contribution is 2.38. The molecule has 0 saturated carbocycles. The van der Waals surface area contributed by atoms with Crippen LogP contribution in [0.1, 0.15) is 35.4 Å². The van der Waals surface area contributed by atoms with Gasteiger partial charge in [-0.1, -0.05) is 29.8 Å². The highest BCUT2D eigenvalue weighted by Gasteiger charge is 2.23. The molecular weight excluding hydrogens is 308 g/mol. The molecule has 118 valence electrons. The molecule has 2 aromatic carbocycles.